The summed E-state index contributed by atoms with van der Waals surface area (Å²) in [5.41, 5.74) is 1.92. The molecule has 0 spiro atoms. The number of anilines is 1. The molecule has 0 fully saturated rings. The van der Waals surface area contributed by atoms with Crippen LogP contribution in [-0.2, 0) is 14.3 Å². The van der Waals surface area contributed by atoms with E-state index in [0.29, 0.717) is 16.5 Å². The maximum Gasteiger partial charge on any atom is 0.261 e. The molecule has 0 bridgehead atoms. The molecule has 4 rings (SSSR count). The van der Waals surface area contributed by atoms with Gasteiger partial charge >= 0.3 is 0 Å². The first-order chi connectivity index (χ1) is 14.4. The van der Waals surface area contributed by atoms with E-state index in [9.17, 15) is 19.2 Å². The zero-order valence-electron chi connectivity index (χ0n) is 16.8. The third kappa shape index (κ3) is 3.25. The molecule has 0 saturated heterocycles. The fraction of sp³-hybridized carbons (Fsp3) is 0.273. The molecule has 2 aromatic rings. The van der Waals surface area contributed by atoms with Crippen LogP contribution in [0.25, 0.3) is 10.8 Å². The van der Waals surface area contributed by atoms with Gasteiger partial charge in [0.15, 0.2) is 0 Å². The number of rotatable bonds is 7. The van der Waals surface area contributed by atoms with Crippen LogP contribution in [0.1, 0.15) is 20.7 Å². The molecule has 2 aromatic carbocycles. The van der Waals surface area contributed by atoms with E-state index in [1.807, 2.05) is 37.2 Å². The van der Waals surface area contributed by atoms with Crippen LogP contribution in [0.3, 0.4) is 0 Å². The average Bonchev–Trinajstić information content (AvgIpc) is 3.05. The van der Waals surface area contributed by atoms with Gasteiger partial charge in [0.25, 0.3) is 23.6 Å². The number of ether oxygens (including phenoxy) is 1. The van der Waals surface area contributed by atoms with Crippen LogP contribution in [0.2, 0.25) is 0 Å². The maximum atomic E-state index is 13.0. The van der Waals surface area contributed by atoms with E-state index < -0.39 is 0 Å². The van der Waals surface area contributed by atoms with Gasteiger partial charge in [-0.15, -0.1) is 0 Å². The molecule has 30 heavy (non-hydrogen) atoms. The lowest BCUT2D eigenvalue weighted by Crippen LogP contribution is -2.42. The quantitative estimate of drug-likeness (QED) is 0.510. The molecule has 0 atom stereocenters. The molecular formula is C22H21N3O5. The van der Waals surface area contributed by atoms with Gasteiger partial charge in [-0.2, -0.15) is 0 Å². The lowest BCUT2D eigenvalue weighted by atomic mass is 9.93. The standard InChI is InChI=1S/C22H21N3O5/c1-23(2)17-7-6-16-20-14(17)4-3-5-15(20)21(28)25(22(16)29)11-13-30-12-10-24-18(26)8-9-19(24)27/h3-9H,10-13H2,1-2H3. The SMILES string of the molecule is CN(C)c1ccc2c3c(cccc13)C(=O)N(CCOCCN1C(=O)C=CC1=O)C2=O. The summed E-state index contributed by atoms with van der Waals surface area (Å²) in [5.74, 6) is -1.45. The van der Waals surface area contributed by atoms with Crippen molar-refractivity contribution >= 4 is 40.1 Å². The maximum absolute atomic E-state index is 13.0. The van der Waals surface area contributed by atoms with Crippen molar-refractivity contribution in [2.24, 2.45) is 0 Å². The molecule has 0 saturated carbocycles. The summed E-state index contributed by atoms with van der Waals surface area (Å²) in [6.07, 6.45) is 2.43. The summed E-state index contributed by atoms with van der Waals surface area (Å²) in [5, 5.41) is 1.54. The van der Waals surface area contributed by atoms with Gasteiger partial charge in [-0.05, 0) is 18.2 Å². The predicted octanol–water partition coefficient (Wildman–Crippen LogP) is 1.44. The fourth-order valence-corrected chi connectivity index (χ4v) is 3.79. The van der Waals surface area contributed by atoms with Crippen LogP contribution < -0.4 is 4.90 Å². The topological polar surface area (TPSA) is 87.2 Å². The molecule has 2 aliphatic heterocycles. The first-order valence-electron chi connectivity index (χ1n) is 9.60. The number of benzene rings is 2. The molecule has 8 heteroatoms. The van der Waals surface area contributed by atoms with Crippen molar-refractivity contribution < 1.29 is 23.9 Å². The van der Waals surface area contributed by atoms with E-state index in [1.54, 1.807) is 12.1 Å². The Bertz CT molecular complexity index is 1070. The van der Waals surface area contributed by atoms with Crippen molar-refractivity contribution in [1.29, 1.82) is 0 Å². The molecule has 4 amide bonds. The Labute approximate surface area is 173 Å². The summed E-state index contributed by atoms with van der Waals surface area (Å²) < 4.78 is 5.48. The molecule has 2 aliphatic rings. The third-order valence-corrected chi connectivity index (χ3v) is 5.27. The van der Waals surface area contributed by atoms with Crippen molar-refractivity contribution in [2.45, 2.75) is 0 Å². The summed E-state index contributed by atoms with van der Waals surface area (Å²) in [7, 11) is 3.83. The minimum Gasteiger partial charge on any atom is -0.378 e. The molecule has 2 heterocycles. The highest BCUT2D eigenvalue weighted by Gasteiger charge is 2.33. The lowest BCUT2D eigenvalue weighted by Gasteiger charge is -2.28. The highest BCUT2D eigenvalue weighted by atomic mass is 16.5. The van der Waals surface area contributed by atoms with Gasteiger partial charge in [-0.3, -0.25) is 29.0 Å². The number of carbonyl (C=O) groups excluding carboxylic acids is 4. The summed E-state index contributed by atoms with van der Waals surface area (Å²) >= 11 is 0. The molecular weight excluding hydrogens is 386 g/mol. The summed E-state index contributed by atoms with van der Waals surface area (Å²) in [4.78, 5) is 53.2. The summed E-state index contributed by atoms with van der Waals surface area (Å²) in [6, 6.07) is 9.08. The van der Waals surface area contributed by atoms with Crippen LogP contribution in [0.15, 0.2) is 42.5 Å². The minimum atomic E-state index is -0.369. The van der Waals surface area contributed by atoms with Crippen LogP contribution in [0.5, 0.6) is 0 Å². The van der Waals surface area contributed by atoms with Crippen molar-refractivity contribution in [3.05, 3.63) is 53.6 Å². The monoisotopic (exact) mass is 407 g/mol. The number of hydrogen-bond acceptors (Lipinski definition) is 6. The number of hydrogen-bond donors (Lipinski definition) is 0. The van der Waals surface area contributed by atoms with Crippen molar-refractivity contribution in [1.82, 2.24) is 9.80 Å². The molecule has 0 radical (unpaired) electrons. The first-order valence-corrected chi connectivity index (χ1v) is 9.60. The average molecular weight is 407 g/mol. The van der Waals surface area contributed by atoms with E-state index in [-0.39, 0.29) is 49.9 Å². The normalized spacial score (nSPS) is 15.7. The van der Waals surface area contributed by atoms with Crippen molar-refractivity contribution in [2.75, 3.05) is 45.3 Å². The molecule has 0 unspecified atom stereocenters. The minimum absolute atomic E-state index is 0.0864. The Hall–Kier alpha value is -3.52. The zero-order valence-corrected chi connectivity index (χ0v) is 16.8. The van der Waals surface area contributed by atoms with Gasteiger partial charge in [0.2, 0.25) is 0 Å². The lowest BCUT2D eigenvalue weighted by molar-refractivity contribution is -0.137. The van der Waals surface area contributed by atoms with E-state index >= 15 is 0 Å². The van der Waals surface area contributed by atoms with E-state index in [0.717, 1.165) is 16.0 Å². The van der Waals surface area contributed by atoms with Crippen LogP contribution >= 0.6 is 0 Å². The second-order valence-corrected chi connectivity index (χ2v) is 7.29. The molecule has 8 nitrogen and oxygen atoms in total. The molecule has 0 aromatic heterocycles. The van der Waals surface area contributed by atoms with E-state index in [1.165, 1.54) is 17.1 Å². The highest BCUT2D eigenvalue weighted by molar-refractivity contribution is 6.26. The van der Waals surface area contributed by atoms with Gasteiger partial charge in [-0.1, -0.05) is 12.1 Å². The number of amides is 4. The van der Waals surface area contributed by atoms with Gasteiger partial charge in [0.1, 0.15) is 0 Å². The third-order valence-electron chi connectivity index (χ3n) is 5.27. The Morgan fingerprint density at radius 2 is 1.40 bits per heavy atom. The van der Waals surface area contributed by atoms with Crippen molar-refractivity contribution in [3.8, 4) is 0 Å². The zero-order chi connectivity index (χ0) is 21.4. The molecule has 0 N–H and O–H groups in total. The smallest absolute Gasteiger partial charge is 0.261 e. The second kappa shape index (κ2) is 7.72. The number of nitrogens with zero attached hydrogens (tertiary/aromatic N) is 3. The van der Waals surface area contributed by atoms with Crippen LogP contribution in [0, 0.1) is 0 Å². The Kier molecular flexibility index (Phi) is 5.09. The van der Waals surface area contributed by atoms with Gasteiger partial charge in [0, 0.05) is 53.8 Å². The molecule has 0 aliphatic carbocycles. The van der Waals surface area contributed by atoms with E-state index in [4.69, 9.17) is 4.74 Å². The second-order valence-electron chi connectivity index (χ2n) is 7.29. The fourth-order valence-electron chi connectivity index (χ4n) is 3.79. The van der Waals surface area contributed by atoms with Crippen LogP contribution in [0.4, 0.5) is 5.69 Å². The van der Waals surface area contributed by atoms with Gasteiger partial charge < -0.3 is 9.64 Å². The van der Waals surface area contributed by atoms with Crippen LogP contribution in [-0.4, -0.2) is 73.8 Å². The number of carbonyl (C=O) groups is 4. The Morgan fingerprint density at radius 3 is 2.03 bits per heavy atom. The van der Waals surface area contributed by atoms with Crippen molar-refractivity contribution in [3.63, 3.8) is 0 Å². The molecule has 154 valence electrons. The summed E-state index contributed by atoms with van der Waals surface area (Å²) in [6.45, 7) is 0.459. The number of imide groups is 2. The van der Waals surface area contributed by atoms with E-state index in [2.05, 4.69) is 0 Å². The van der Waals surface area contributed by atoms with Gasteiger partial charge in [-0.25, -0.2) is 0 Å². The van der Waals surface area contributed by atoms with Gasteiger partial charge in [0.05, 0.1) is 26.3 Å². The first kappa shape index (κ1) is 19.8. The predicted molar refractivity (Wildman–Crippen MR) is 110 cm³/mol. The Balaban J connectivity index is 1.45. The largest absolute Gasteiger partial charge is 0.378 e. The Morgan fingerprint density at radius 1 is 0.800 bits per heavy atom. The highest BCUT2D eigenvalue weighted by Crippen LogP contribution is 2.35.